The predicted molar refractivity (Wildman–Crippen MR) is 84.4 cm³/mol. The number of aromatic nitrogens is 4. The Labute approximate surface area is 129 Å². The lowest BCUT2D eigenvalue weighted by Gasteiger charge is -2.22. The number of nitrogens with zero attached hydrogens (tertiary/aromatic N) is 3. The molecule has 0 unspecified atom stereocenters. The maximum atomic E-state index is 12.5. The molecule has 0 aromatic carbocycles. The van der Waals surface area contributed by atoms with Gasteiger partial charge < -0.3 is 10.4 Å². The van der Waals surface area contributed by atoms with Crippen LogP contribution in [0.4, 0.5) is 0 Å². The van der Waals surface area contributed by atoms with Crippen molar-refractivity contribution in [1.29, 1.82) is 0 Å². The van der Waals surface area contributed by atoms with E-state index in [0.29, 0.717) is 17.5 Å². The Hall–Kier alpha value is -1.69. The van der Waals surface area contributed by atoms with Crippen LogP contribution in [-0.4, -0.2) is 32.8 Å². The minimum absolute atomic E-state index is 0.121. The Morgan fingerprint density at radius 3 is 2.55 bits per heavy atom. The highest BCUT2D eigenvalue weighted by atomic mass is 16.1. The minimum atomic E-state index is -0.121. The number of H-pyrrole nitrogens is 1. The molecule has 1 saturated heterocycles. The van der Waals surface area contributed by atoms with Gasteiger partial charge in [-0.1, -0.05) is 12.8 Å². The van der Waals surface area contributed by atoms with Gasteiger partial charge in [0.2, 0.25) is 0 Å². The number of hydrogen-bond donors (Lipinski definition) is 2. The number of aryl methyl sites for hydroxylation is 1. The van der Waals surface area contributed by atoms with E-state index in [2.05, 4.69) is 20.1 Å². The monoisotopic (exact) mass is 301 g/mol. The summed E-state index contributed by atoms with van der Waals surface area (Å²) in [4.78, 5) is 21.6. The summed E-state index contributed by atoms with van der Waals surface area (Å²) in [5, 5.41) is 6.72. The maximum absolute atomic E-state index is 12.5. The van der Waals surface area contributed by atoms with Crippen LogP contribution in [0, 0.1) is 6.92 Å². The zero-order chi connectivity index (χ0) is 15.1. The lowest BCUT2D eigenvalue weighted by Crippen LogP contribution is -2.29. The fraction of sp³-hybridized carbons (Fsp3) is 0.688. The summed E-state index contributed by atoms with van der Waals surface area (Å²) in [5.74, 6) is 1.87. The minimum Gasteiger partial charge on any atom is -0.317 e. The fourth-order valence-corrected chi connectivity index (χ4v) is 3.93. The third-order valence-corrected chi connectivity index (χ3v) is 5.16. The van der Waals surface area contributed by atoms with Crippen molar-refractivity contribution in [2.24, 2.45) is 0 Å². The van der Waals surface area contributed by atoms with E-state index >= 15 is 0 Å². The Balaban J connectivity index is 1.81. The van der Waals surface area contributed by atoms with Crippen molar-refractivity contribution in [3.8, 4) is 11.4 Å². The molecule has 0 amide bonds. The average Bonchev–Trinajstić information content (AvgIpc) is 3.16. The predicted octanol–water partition coefficient (Wildman–Crippen LogP) is 1.96. The van der Waals surface area contributed by atoms with Gasteiger partial charge in [0, 0.05) is 11.6 Å². The summed E-state index contributed by atoms with van der Waals surface area (Å²) in [7, 11) is 0. The molecule has 0 atom stereocenters. The Morgan fingerprint density at radius 2 is 1.82 bits per heavy atom. The summed E-state index contributed by atoms with van der Waals surface area (Å²) < 4.78 is 2.13. The van der Waals surface area contributed by atoms with Crippen LogP contribution in [0.25, 0.3) is 11.4 Å². The van der Waals surface area contributed by atoms with Crippen LogP contribution in [0.15, 0.2) is 4.79 Å². The van der Waals surface area contributed by atoms with Crippen LogP contribution in [0.5, 0.6) is 0 Å². The molecular formula is C16H23N5O. The Kier molecular flexibility index (Phi) is 3.48. The summed E-state index contributed by atoms with van der Waals surface area (Å²) in [5.41, 5.74) is 1.44. The van der Waals surface area contributed by atoms with Gasteiger partial charge in [-0.05, 0) is 45.7 Å². The van der Waals surface area contributed by atoms with Crippen LogP contribution in [0.2, 0.25) is 0 Å². The molecule has 1 aliphatic carbocycles. The highest BCUT2D eigenvalue weighted by molar-refractivity contribution is 5.58. The molecule has 6 heteroatoms. The maximum Gasteiger partial charge on any atom is 0.284 e. The topological polar surface area (TPSA) is 75.6 Å². The van der Waals surface area contributed by atoms with E-state index in [4.69, 9.17) is 4.98 Å². The molecule has 3 heterocycles. The van der Waals surface area contributed by atoms with Gasteiger partial charge in [-0.3, -0.25) is 9.48 Å². The Bertz CT molecular complexity index is 691. The molecule has 2 fully saturated rings. The van der Waals surface area contributed by atoms with Gasteiger partial charge in [-0.25, -0.2) is 4.98 Å². The van der Waals surface area contributed by atoms with Crippen LogP contribution >= 0.6 is 0 Å². The molecule has 118 valence electrons. The highest BCUT2D eigenvalue weighted by Gasteiger charge is 2.28. The van der Waals surface area contributed by atoms with Crippen molar-refractivity contribution in [2.75, 3.05) is 13.1 Å². The number of hydrogen-bond acceptors (Lipinski definition) is 4. The lowest BCUT2D eigenvalue weighted by atomic mass is 9.97. The van der Waals surface area contributed by atoms with Gasteiger partial charge >= 0.3 is 0 Å². The van der Waals surface area contributed by atoms with Crippen molar-refractivity contribution in [3.63, 3.8) is 0 Å². The second kappa shape index (κ2) is 5.50. The highest BCUT2D eigenvalue weighted by Crippen LogP contribution is 2.34. The van der Waals surface area contributed by atoms with Crippen molar-refractivity contribution >= 4 is 0 Å². The van der Waals surface area contributed by atoms with Crippen molar-refractivity contribution in [1.82, 2.24) is 25.1 Å². The number of aromatic amines is 1. The van der Waals surface area contributed by atoms with E-state index in [0.717, 1.165) is 43.3 Å². The third-order valence-electron chi connectivity index (χ3n) is 5.16. The molecule has 0 radical (unpaired) electrons. The lowest BCUT2D eigenvalue weighted by molar-refractivity contribution is 0.438. The smallest absolute Gasteiger partial charge is 0.284 e. The fourth-order valence-electron chi connectivity index (χ4n) is 3.93. The van der Waals surface area contributed by atoms with E-state index < -0.39 is 0 Å². The molecule has 1 saturated carbocycles. The number of piperidine rings is 1. The third kappa shape index (κ3) is 2.26. The molecule has 6 nitrogen and oxygen atoms in total. The molecule has 2 N–H and O–H groups in total. The molecule has 0 aromatic heterocycles. The molecular weight excluding hydrogens is 278 g/mol. The zero-order valence-corrected chi connectivity index (χ0v) is 13.1. The number of nitrogens with one attached hydrogen (secondary N) is 2. The molecule has 0 aromatic rings. The average molecular weight is 301 g/mol. The van der Waals surface area contributed by atoms with E-state index in [-0.39, 0.29) is 5.56 Å². The first-order valence-electron chi connectivity index (χ1n) is 8.43. The number of rotatable bonds is 2. The van der Waals surface area contributed by atoms with Crippen molar-refractivity contribution in [2.45, 2.75) is 57.4 Å². The summed E-state index contributed by atoms with van der Waals surface area (Å²) in [6.07, 6.45) is 6.87. The summed E-state index contributed by atoms with van der Waals surface area (Å²) in [6.45, 7) is 3.91. The van der Waals surface area contributed by atoms with Crippen LogP contribution in [0.1, 0.15) is 62.0 Å². The quantitative estimate of drug-likeness (QED) is 0.889. The van der Waals surface area contributed by atoms with Crippen molar-refractivity contribution < 1.29 is 0 Å². The van der Waals surface area contributed by atoms with Gasteiger partial charge in [0.15, 0.2) is 5.82 Å². The van der Waals surface area contributed by atoms with Gasteiger partial charge in [-0.2, -0.15) is 4.98 Å². The van der Waals surface area contributed by atoms with E-state index in [1.165, 1.54) is 25.7 Å². The van der Waals surface area contributed by atoms with Gasteiger partial charge in [0.25, 0.3) is 5.56 Å². The van der Waals surface area contributed by atoms with E-state index in [9.17, 15) is 4.79 Å². The number of fused-ring (bicyclic) bond motifs is 1. The molecule has 0 bridgehead atoms. The molecule has 4 aliphatic rings. The Morgan fingerprint density at radius 1 is 1.09 bits per heavy atom. The van der Waals surface area contributed by atoms with E-state index in [1.54, 1.807) is 0 Å². The standard InChI is InChI=1S/C16H23N5O/c1-10-13-15(21(20-10)12-4-2-3-5-12)18-14(19-16(13)22)11-6-8-17-9-7-11/h11-12,17,20H,2-9H2,1H3. The summed E-state index contributed by atoms with van der Waals surface area (Å²) in [6, 6.07) is 0.450. The van der Waals surface area contributed by atoms with Crippen LogP contribution < -0.4 is 10.9 Å². The molecule has 22 heavy (non-hydrogen) atoms. The first kappa shape index (κ1) is 13.9. The van der Waals surface area contributed by atoms with Crippen molar-refractivity contribution in [3.05, 3.63) is 21.9 Å². The van der Waals surface area contributed by atoms with Gasteiger partial charge in [-0.15, -0.1) is 0 Å². The molecule has 4 rings (SSSR count). The molecule has 0 spiro atoms. The SMILES string of the molecule is Cc1[nH]n(C2CCCC2)c2nc(C3CCNCC3)nc(=O)c1-2. The van der Waals surface area contributed by atoms with Crippen LogP contribution in [0.3, 0.4) is 0 Å². The largest absolute Gasteiger partial charge is 0.317 e. The normalized spacial score (nSPS) is 21.0. The first-order chi connectivity index (χ1) is 10.7. The second-order valence-corrected chi connectivity index (χ2v) is 6.65. The second-order valence-electron chi connectivity index (χ2n) is 6.65. The van der Waals surface area contributed by atoms with Gasteiger partial charge in [0.05, 0.1) is 6.04 Å². The molecule has 3 aliphatic heterocycles. The first-order valence-corrected chi connectivity index (χ1v) is 8.43. The van der Waals surface area contributed by atoms with Crippen LogP contribution in [-0.2, 0) is 0 Å². The zero-order valence-electron chi connectivity index (χ0n) is 13.1. The van der Waals surface area contributed by atoms with E-state index in [1.807, 2.05) is 6.92 Å². The van der Waals surface area contributed by atoms with Gasteiger partial charge in [0.1, 0.15) is 11.4 Å². The summed E-state index contributed by atoms with van der Waals surface area (Å²) >= 11 is 0.